The molecule has 0 bridgehead atoms. The number of hydrogen-bond acceptors (Lipinski definition) is 4. The molecule has 1 aliphatic carbocycles. The van der Waals surface area contributed by atoms with Crippen molar-refractivity contribution in [1.82, 2.24) is 0 Å². The van der Waals surface area contributed by atoms with Crippen molar-refractivity contribution in [3.05, 3.63) is 95.1 Å². The first-order valence-corrected chi connectivity index (χ1v) is 13.9. The molecule has 2 fully saturated rings. The second-order valence-corrected chi connectivity index (χ2v) is 11.8. The first-order valence-electron chi connectivity index (χ1n) is 13.9. The predicted molar refractivity (Wildman–Crippen MR) is 149 cm³/mol. The molecule has 194 valence electrons. The van der Waals surface area contributed by atoms with Gasteiger partial charge >= 0.3 is 0 Å². The van der Waals surface area contributed by atoms with Gasteiger partial charge in [0.25, 0.3) is 0 Å². The Labute approximate surface area is 221 Å². The second kappa shape index (κ2) is 9.81. The molecule has 3 aliphatic rings. The van der Waals surface area contributed by atoms with E-state index in [9.17, 15) is 0 Å². The maximum absolute atomic E-state index is 6.21. The van der Waals surface area contributed by atoms with Crippen LogP contribution in [-0.2, 0) is 15.9 Å². The lowest BCUT2D eigenvalue weighted by Gasteiger charge is -2.39. The molecule has 3 aromatic carbocycles. The Kier molecular flexibility index (Phi) is 6.50. The van der Waals surface area contributed by atoms with Gasteiger partial charge in [0.05, 0.1) is 13.2 Å². The highest BCUT2D eigenvalue weighted by atomic mass is 16.7. The minimum absolute atomic E-state index is 0.200. The Balaban J connectivity index is 1.29. The number of anilines is 1. The van der Waals surface area contributed by atoms with E-state index in [-0.39, 0.29) is 11.4 Å². The third-order valence-corrected chi connectivity index (χ3v) is 8.18. The van der Waals surface area contributed by atoms with E-state index in [1.165, 1.54) is 27.9 Å². The smallest absolute Gasteiger partial charge is 0.171 e. The van der Waals surface area contributed by atoms with Gasteiger partial charge in [0.2, 0.25) is 0 Å². The highest BCUT2D eigenvalue weighted by Crippen LogP contribution is 2.47. The molecule has 2 heterocycles. The second-order valence-electron chi connectivity index (χ2n) is 11.8. The minimum atomic E-state index is -0.333. The zero-order valence-corrected chi connectivity index (χ0v) is 22.4. The largest absolute Gasteiger partial charge is 0.488 e. The van der Waals surface area contributed by atoms with Gasteiger partial charge in [0.1, 0.15) is 11.4 Å². The molecule has 6 rings (SSSR count). The van der Waals surface area contributed by atoms with E-state index in [0.717, 1.165) is 57.7 Å². The number of ether oxygens (including phenoxy) is 3. The fourth-order valence-corrected chi connectivity index (χ4v) is 6.47. The summed E-state index contributed by atoms with van der Waals surface area (Å²) in [5, 5.41) is 0. The number of nitrogens with zero attached hydrogens (tertiary/aromatic N) is 1. The first-order chi connectivity index (χ1) is 17.9. The number of rotatable bonds is 4. The summed E-state index contributed by atoms with van der Waals surface area (Å²) in [4.78, 5) is 2.47. The molecule has 2 aliphatic heterocycles. The average Bonchev–Trinajstić information content (AvgIpc) is 3.36. The summed E-state index contributed by atoms with van der Waals surface area (Å²) < 4.78 is 18.1. The van der Waals surface area contributed by atoms with Gasteiger partial charge in [-0.2, -0.15) is 0 Å². The van der Waals surface area contributed by atoms with Crippen LogP contribution in [0.15, 0.2) is 72.8 Å². The van der Waals surface area contributed by atoms with Crippen LogP contribution < -0.4 is 9.64 Å². The number of hydrogen-bond donors (Lipinski definition) is 0. The molecule has 1 spiro atoms. The van der Waals surface area contributed by atoms with Gasteiger partial charge in [-0.05, 0) is 86.1 Å². The molecule has 37 heavy (non-hydrogen) atoms. The zero-order valence-electron chi connectivity index (χ0n) is 22.4. The van der Waals surface area contributed by atoms with Crippen LogP contribution in [-0.4, -0.2) is 37.7 Å². The highest BCUT2D eigenvalue weighted by Gasteiger charge is 2.40. The van der Waals surface area contributed by atoms with Crippen LogP contribution in [0.25, 0.3) is 0 Å². The number of aryl methyl sites for hydroxylation is 1. The SMILES string of the molecule is CC(C)(C)Oc1ccc2c(c1)CC[C@H](c1ccccc1)[C@@H]2c1ccc(N2CCC3(CC2)OCCO3)cc1. The van der Waals surface area contributed by atoms with Crippen LogP contribution in [0.3, 0.4) is 0 Å². The molecular weight excluding hydrogens is 458 g/mol. The van der Waals surface area contributed by atoms with Crippen LogP contribution in [0.5, 0.6) is 5.75 Å². The molecule has 0 N–H and O–H groups in total. The van der Waals surface area contributed by atoms with Crippen LogP contribution >= 0.6 is 0 Å². The van der Waals surface area contributed by atoms with Gasteiger partial charge < -0.3 is 19.1 Å². The van der Waals surface area contributed by atoms with Crippen molar-refractivity contribution in [2.24, 2.45) is 0 Å². The Morgan fingerprint density at radius 1 is 0.838 bits per heavy atom. The Morgan fingerprint density at radius 2 is 1.54 bits per heavy atom. The Bertz CT molecular complexity index is 1200. The minimum Gasteiger partial charge on any atom is -0.488 e. The molecule has 0 amide bonds. The van der Waals surface area contributed by atoms with E-state index in [1.54, 1.807) is 0 Å². The maximum Gasteiger partial charge on any atom is 0.171 e. The fraction of sp³-hybridized carbons (Fsp3) is 0.455. The van der Waals surface area contributed by atoms with Gasteiger partial charge in [0.15, 0.2) is 5.79 Å². The van der Waals surface area contributed by atoms with E-state index in [4.69, 9.17) is 14.2 Å². The van der Waals surface area contributed by atoms with Crippen molar-refractivity contribution in [2.45, 2.75) is 69.7 Å². The number of piperidine rings is 1. The quantitative estimate of drug-likeness (QED) is 0.386. The molecule has 4 heteroatoms. The topological polar surface area (TPSA) is 30.9 Å². The van der Waals surface area contributed by atoms with E-state index >= 15 is 0 Å². The molecule has 4 nitrogen and oxygen atoms in total. The van der Waals surface area contributed by atoms with E-state index in [2.05, 4.69) is 98.5 Å². The van der Waals surface area contributed by atoms with Gasteiger partial charge in [0, 0.05) is 37.5 Å². The third kappa shape index (κ3) is 5.15. The zero-order chi connectivity index (χ0) is 25.5. The van der Waals surface area contributed by atoms with Crippen molar-refractivity contribution in [3.63, 3.8) is 0 Å². The average molecular weight is 498 g/mol. The third-order valence-electron chi connectivity index (χ3n) is 8.18. The monoisotopic (exact) mass is 497 g/mol. The first kappa shape index (κ1) is 24.5. The van der Waals surface area contributed by atoms with Crippen molar-refractivity contribution in [1.29, 1.82) is 0 Å². The van der Waals surface area contributed by atoms with Crippen LogP contribution in [0, 0.1) is 0 Å². The fourth-order valence-electron chi connectivity index (χ4n) is 6.47. The number of benzene rings is 3. The molecule has 0 radical (unpaired) electrons. The molecule has 0 saturated carbocycles. The lowest BCUT2D eigenvalue weighted by molar-refractivity contribution is -0.169. The highest BCUT2D eigenvalue weighted by molar-refractivity contribution is 5.53. The Hall–Kier alpha value is -2.82. The van der Waals surface area contributed by atoms with Crippen LogP contribution in [0.1, 0.15) is 74.1 Å². The summed E-state index contributed by atoms with van der Waals surface area (Å²) >= 11 is 0. The maximum atomic E-state index is 6.21. The van der Waals surface area contributed by atoms with Gasteiger partial charge in [-0.1, -0.05) is 48.5 Å². The van der Waals surface area contributed by atoms with Gasteiger partial charge in [-0.3, -0.25) is 0 Å². The standard InChI is InChI=1S/C33H39NO3/c1-32(2,3)37-28-14-16-30-26(23-28)11-15-29(24-7-5-4-6-8-24)31(30)25-9-12-27(13-10-25)34-19-17-33(18-20-34)35-21-22-36-33/h4-10,12-14,16,23,29,31H,11,15,17-22H2,1-3H3/t29-,31+/m1/s1. The molecule has 3 aromatic rings. The van der Waals surface area contributed by atoms with E-state index in [0.29, 0.717) is 11.8 Å². The van der Waals surface area contributed by atoms with Gasteiger partial charge in [-0.25, -0.2) is 0 Å². The lowest BCUT2D eigenvalue weighted by Crippen LogP contribution is -2.45. The van der Waals surface area contributed by atoms with Gasteiger partial charge in [-0.15, -0.1) is 0 Å². The van der Waals surface area contributed by atoms with E-state index < -0.39 is 0 Å². The summed E-state index contributed by atoms with van der Waals surface area (Å²) in [5.41, 5.74) is 6.76. The summed E-state index contributed by atoms with van der Waals surface area (Å²) in [5.74, 6) is 1.42. The Morgan fingerprint density at radius 3 is 2.22 bits per heavy atom. The predicted octanol–water partition coefficient (Wildman–Crippen LogP) is 7.07. The van der Waals surface area contributed by atoms with Crippen molar-refractivity contribution in [3.8, 4) is 5.75 Å². The van der Waals surface area contributed by atoms with E-state index in [1.807, 2.05) is 0 Å². The number of fused-ring (bicyclic) bond motifs is 1. The van der Waals surface area contributed by atoms with Crippen LogP contribution in [0.2, 0.25) is 0 Å². The molecule has 0 unspecified atom stereocenters. The molecule has 2 saturated heterocycles. The molecular formula is C33H39NO3. The normalized spacial score (nSPS) is 23.2. The summed E-state index contributed by atoms with van der Waals surface area (Å²) in [6.45, 7) is 9.71. The summed E-state index contributed by atoms with van der Waals surface area (Å²) in [6, 6.07) is 27.2. The van der Waals surface area contributed by atoms with Crippen molar-refractivity contribution < 1.29 is 14.2 Å². The van der Waals surface area contributed by atoms with Crippen molar-refractivity contribution in [2.75, 3.05) is 31.2 Å². The summed E-state index contributed by atoms with van der Waals surface area (Å²) in [7, 11) is 0. The summed E-state index contributed by atoms with van der Waals surface area (Å²) in [6.07, 6.45) is 4.07. The van der Waals surface area contributed by atoms with Crippen molar-refractivity contribution >= 4 is 5.69 Å². The van der Waals surface area contributed by atoms with Crippen LogP contribution in [0.4, 0.5) is 5.69 Å². The lowest BCUT2D eigenvalue weighted by atomic mass is 9.69. The molecule has 0 aromatic heterocycles. The molecule has 2 atom stereocenters.